The van der Waals surface area contributed by atoms with Crippen molar-refractivity contribution in [2.75, 3.05) is 6.26 Å². The Balaban J connectivity index is 2.20. The van der Waals surface area contributed by atoms with Gasteiger partial charge in [0, 0.05) is 0 Å². The molecule has 0 saturated carbocycles. The first-order chi connectivity index (χ1) is 10.6. The minimum absolute atomic E-state index is 0.603. The average Bonchev–Trinajstić information content (AvgIpc) is 2.56. The summed E-state index contributed by atoms with van der Waals surface area (Å²) < 4.78 is 0. The van der Waals surface area contributed by atoms with E-state index in [-0.39, 0.29) is 0 Å². The van der Waals surface area contributed by atoms with E-state index in [4.69, 9.17) is 0 Å². The van der Waals surface area contributed by atoms with Crippen molar-refractivity contribution >= 4 is 10.0 Å². The van der Waals surface area contributed by atoms with Crippen molar-refractivity contribution in [2.24, 2.45) is 5.92 Å². The molecule has 0 spiro atoms. The quantitative estimate of drug-likeness (QED) is 0.621. The zero-order valence-corrected chi connectivity index (χ0v) is 14.4. The van der Waals surface area contributed by atoms with Gasteiger partial charge in [-0.15, -0.1) is 0 Å². The normalized spacial score (nSPS) is 21.8. The third kappa shape index (κ3) is 2.66. The average molecular weight is 308 g/mol. The third-order valence-corrected chi connectivity index (χ3v) is 8.46. The molecule has 0 nitrogen and oxygen atoms in total. The van der Waals surface area contributed by atoms with Crippen molar-refractivity contribution in [1.82, 2.24) is 0 Å². The topological polar surface area (TPSA) is 0 Å². The van der Waals surface area contributed by atoms with Gasteiger partial charge in [0.1, 0.15) is 0 Å². The predicted octanol–water partition coefficient (Wildman–Crippen LogP) is 6.33. The Bertz CT molecular complexity index is 694. The summed E-state index contributed by atoms with van der Waals surface area (Å²) in [5.74, 6) is 0.603. The summed E-state index contributed by atoms with van der Waals surface area (Å²) in [6.45, 7) is 4.52. The minimum Gasteiger partial charge on any atom is -0.167 e. The van der Waals surface area contributed by atoms with Crippen LogP contribution < -0.4 is 0 Å². The van der Waals surface area contributed by atoms with Crippen LogP contribution in [0.25, 0.3) is 0 Å². The van der Waals surface area contributed by atoms with Gasteiger partial charge in [0.2, 0.25) is 0 Å². The van der Waals surface area contributed by atoms with Crippen LogP contribution in [0.15, 0.2) is 87.5 Å². The lowest BCUT2D eigenvalue weighted by molar-refractivity contribution is 0.721. The van der Waals surface area contributed by atoms with Crippen molar-refractivity contribution in [3.8, 4) is 0 Å². The Morgan fingerprint density at radius 2 is 1.55 bits per heavy atom. The Labute approximate surface area is 135 Å². The molecule has 1 aliphatic carbocycles. The maximum atomic E-state index is 2.45. The van der Waals surface area contributed by atoms with E-state index in [2.05, 4.69) is 92.9 Å². The molecule has 0 saturated heterocycles. The predicted molar refractivity (Wildman–Crippen MR) is 98.7 cm³/mol. The van der Waals surface area contributed by atoms with Crippen LogP contribution in [0, 0.1) is 12.8 Å². The molecular formula is C21H24S. The summed E-state index contributed by atoms with van der Waals surface area (Å²) in [5.41, 5.74) is 1.32. The van der Waals surface area contributed by atoms with Crippen molar-refractivity contribution in [1.29, 1.82) is 0 Å². The van der Waals surface area contributed by atoms with Crippen LogP contribution in [0.2, 0.25) is 0 Å². The minimum atomic E-state index is -1.15. The van der Waals surface area contributed by atoms with Gasteiger partial charge in [-0.05, 0) is 64.5 Å². The molecule has 2 atom stereocenters. The first-order valence-corrected chi connectivity index (χ1v) is 9.93. The van der Waals surface area contributed by atoms with Gasteiger partial charge in [-0.2, -0.15) is 10.0 Å². The molecule has 0 radical (unpaired) electrons. The Morgan fingerprint density at radius 1 is 0.909 bits per heavy atom. The maximum absolute atomic E-state index is 2.45. The van der Waals surface area contributed by atoms with Crippen LogP contribution >= 0.6 is 10.0 Å². The van der Waals surface area contributed by atoms with E-state index in [1.54, 1.807) is 4.91 Å². The van der Waals surface area contributed by atoms with Crippen LogP contribution in [-0.4, -0.2) is 6.26 Å². The summed E-state index contributed by atoms with van der Waals surface area (Å²) in [4.78, 5) is 4.50. The molecule has 3 rings (SSSR count). The molecule has 1 aliphatic rings. The lowest BCUT2D eigenvalue weighted by atomic mass is 10.0. The number of aryl methyl sites for hydroxylation is 1. The van der Waals surface area contributed by atoms with Gasteiger partial charge >= 0.3 is 0 Å². The van der Waals surface area contributed by atoms with Gasteiger partial charge in [-0.25, -0.2) is 0 Å². The number of rotatable bonds is 3. The SMILES string of the molecule is Cc1ccc(S(C)(C2=CC=CCC2C)c2ccccc2)cc1. The summed E-state index contributed by atoms with van der Waals surface area (Å²) in [7, 11) is -1.15. The van der Waals surface area contributed by atoms with E-state index in [1.165, 1.54) is 15.4 Å². The second-order valence-electron chi connectivity index (χ2n) is 6.18. The molecular weight excluding hydrogens is 284 g/mol. The van der Waals surface area contributed by atoms with Crippen LogP contribution in [-0.2, 0) is 0 Å². The van der Waals surface area contributed by atoms with E-state index in [0.29, 0.717) is 5.92 Å². The van der Waals surface area contributed by atoms with Gasteiger partial charge in [0.05, 0.1) is 0 Å². The van der Waals surface area contributed by atoms with E-state index >= 15 is 0 Å². The molecule has 114 valence electrons. The molecule has 2 unspecified atom stereocenters. The Kier molecular flexibility index (Phi) is 4.26. The van der Waals surface area contributed by atoms with E-state index in [9.17, 15) is 0 Å². The first kappa shape index (κ1) is 15.2. The molecule has 0 N–H and O–H groups in total. The second-order valence-corrected chi connectivity index (χ2v) is 9.43. The molecule has 0 heterocycles. The van der Waals surface area contributed by atoms with E-state index in [0.717, 1.165) is 6.42 Å². The summed E-state index contributed by atoms with van der Waals surface area (Å²) in [5, 5.41) is 0. The maximum Gasteiger partial charge on any atom is -0.00237 e. The zero-order chi connectivity index (χ0) is 15.6. The lowest BCUT2D eigenvalue weighted by Gasteiger charge is -2.42. The summed E-state index contributed by atoms with van der Waals surface area (Å²) in [6.07, 6.45) is 10.5. The largest absolute Gasteiger partial charge is 0.167 e. The summed E-state index contributed by atoms with van der Waals surface area (Å²) >= 11 is 0. The molecule has 22 heavy (non-hydrogen) atoms. The van der Waals surface area contributed by atoms with Gasteiger partial charge in [0.15, 0.2) is 0 Å². The number of allylic oxidation sites excluding steroid dienone is 4. The fourth-order valence-electron chi connectivity index (χ4n) is 3.18. The third-order valence-electron chi connectivity index (χ3n) is 4.55. The van der Waals surface area contributed by atoms with Crippen molar-refractivity contribution < 1.29 is 0 Å². The fraction of sp³-hybridized carbons (Fsp3) is 0.238. The van der Waals surface area contributed by atoms with Crippen molar-refractivity contribution in [2.45, 2.75) is 30.1 Å². The van der Waals surface area contributed by atoms with Crippen molar-refractivity contribution in [3.63, 3.8) is 0 Å². The summed E-state index contributed by atoms with van der Waals surface area (Å²) in [6, 6.07) is 20.2. The molecule has 0 aliphatic heterocycles. The van der Waals surface area contributed by atoms with Crippen molar-refractivity contribution in [3.05, 3.63) is 83.3 Å². The number of hydrogen-bond donors (Lipinski definition) is 0. The number of benzene rings is 2. The highest BCUT2D eigenvalue weighted by molar-refractivity contribution is 8.36. The molecule has 0 amide bonds. The highest BCUT2D eigenvalue weighted by Crippen LogP contribution is 2.67. The van der Waals surface area contributed by atoms with Crippen LogP contribution in [0.4, 0.5) is 0 Å². The molecule has 0 fully saturated rings. The molecule has 0 aromatic heterocycles. The van der Waals surface area contributed by atoms with Gasteiger partial charge in [0.25, 0.3) is 0 Å². The van der Waals surface area contributed by atoms with E-state index < -0.39 is 10.0 Å². The van der Waals surface area contributed by atoms with Gasteiger partial charge < -0.3 is 0 Å². The molecule has 0 bridgehead atoms. The fourth-order valence-corrected chi connectivity index (χ4v) is 6.63. The standard InChI is InChI=1S/C21H24S/c1-17-13-15-20(16-14-17)22(3,19-10-5-4-6-11-19)21-12-8-7-9-18(21)2/h4-8,10-16,18H,9H2,1-3H3. The van der Waals surface area contributed by atoms with Crippen LogP contribution in [0.3, 0.4) is 0 Å². The smallest absolute Gasteiger partial charge is 0.00237 e. The van der Waals surface area contributed by atoms with Crippen LogP contribution in [0.1, 0.15) is 18.9 Å². The lowest BCUT2D eigenvalue weighted by Crippen LogP contribution is -2.11. The molecule has 2 aromatic carbocycles. The Hall–Kier alpha value is -1.73. The number of hydrogen-bond acceptors (Lipinski definition) is 0. The molecule has 1 heteroatoms. The Morgan fingerprint density at radius 3 is 2.18 bits per heavy atom. The monoisotopic (exact) mass is 308 g/mol. The second kappa shape index (κ2) is 6.18. The highest BCUT2D eigenvalue weighted by atomic mass is 32.3. The first-order valence-electron chi connectivity index (χ1n) is 7.89. The highest BCUT2D eigenvalue weighted by Gasteiger charge is 2.31. The zero-order valence-electron chi connectivity index (χ0n) is 13.6. The van der Waals surface area contributed by atoms with Crippen LogP contribution in [0.5, 0.6) is 0 Å². The van der Waals surface area contributed by atoms with Gasteiger partial charge in [-0.1, -0.05) is 61.0 Å². The molecule has 2 aromatic rings. The van der Waals surface area contributed by atoms with E-state index in [1.807, 2.05) is 0 Å². The van der Waals surface area contributed by atoms with Gasteiger partial charge in [-0.3, -0.25) is 0 Å².